The molecule has 1 heterocycles. The maximum atomic E-state index is 8.70. The average molecular weight is 259 g/mol. The van der Waals surface area contributed by atoms with Crippen molar-refractivity contribution in [2.45, 2.75) is 6.42 Å². The zero-order valence-electron chi connectivity index (χ0n) is 10.8. The third-order valence-electron chi connectivity index (χ3n) is 2.69. The number of ether oxygens (including phenoxy) is 1. The first-order valence-corrected chi connectivity index (χ1v) is 6.15. The van der Waals surface area contributed by atoms with E-state index in [4.69, 9.17) is 9.84 Å². The molecule has 0 unspecified atom stereocenters. The van der Waals surface area contributed by atoms with E-state index in [0.717, 1.165) is 16.9 Å². The maximum absolute atomic E-state index is 8.70. The van der Waals surface area contributed by atoms with Gasteiger partial charge in [0, 0.05) is 36.7 Å². The van der Waals surface area contributed by atoms with E-state index in [9.17, 15) is 0 Å². The van der Waals surface area contributed by atoms with Crippen LogP contribution >= 0.6 is 0 Å². The molecule has 0 saturated heterocycles. The molecule has 0 atom stereocenters. The van der Waals surface area contributed by atoms with Crippen molar-refractivity contribution in [2.75, 3.05) is 25.6 Å². The second kappa shape index (κ2) is 6.70. The summed E-state index contributed by atoms with van der Waals surface area (Å²) < 4.78 is 5.31. The van der Waals surface area contributed by atoms with E-state index in [1.807, 2.05) is 24.3 Å². The van der Waals surface area contributed by atoms with Gasteiger partial charge in [0.25, 0.3) is 0 Å². The van der Waals surface area contributed by atoms with Crippen LogP contribution in [0.3, 0.4) is 0 Å². The summed E-state index contributed by atoms with van der Waals surface area (Å²) in [6, 6.07) is 7.75. The number of para-hydroxylation sites is 1. The fourth-order valence-corrected chi connectivity index (χ4v) is 1.72. The SMILES string of the molecule is COc1ccccc1-c1cnc(NCCCO)nc1. The number of nitrogens with one attached hydrogen (secondary N) is 1. The van der Waals surface area contributed by atoms with Gasteiger partial charge in [-0.1, -0.05) is 18.2 Å². The minimum absolute atomic E-state index is 0.159. The Kier molecular flexibility index (Phi) is 4.69. The first-order chi connectivity index (χ1) is 9.35. The smallest absolute Gasteiger partial charge is 0.222 e. The second-order valence-electron chi connectivity index (χ2n) is 4.00. The molecule has 0 spiro atoms. The number of hydrogen-bond donors (Lipinski definition) is 2. The van der Waals surface area contributed by atoms with E-state index in [1.54, 1.807) is 19.5 Å². The largest absolute Gasteiger partial charge is 0.496 e. The highest BCUT2D eigenvalue weighted by atomic mass is 16.5. The van der Waals surface area contributed by atoms with Crippen LogP contribution in [0.4, 0.5) is 5.95 Å². The molecule has 0 fully saturated rings. The molecule has 5 heteroatoms. The molecule has 5 nitrogen and oxygen atoms in total. The van der Waals surface area contributed by atoms with Crippen LogP contribution in [-0.2, 0) is 0 Å². The predicted molar refractivity (Wildman–Crippen MR) is 74.2 cm³/mol. The average Bonchev–Trinajstić information content (AvgIpc) is 2.48. The molecule has 0 bridgehead atoms. The Hall–Kier alpha value is -2.14. The van der Waals surface area contributed by atoms with Crippen LogP contribution in [0.1, 0.15) is 6.42 Å². The standard InChI is InChI=1S/C14H17N3O2/c1-19-13-6-3-2-5-12(13)11-9-16-14(17-10-11)15-7-4-8-18/h2-3,5-6,9-10,18H,4,7-8H2,1H3,(H,15,16,17). The molecule has 0 aliphatic carbocycles. The molecule has 1 aromatic carbocycles. The third-order valence-corrected chi connectivity index (χ3v) is 2.69. The number of benzene rings is 1. The molecule has 0 saturated carbocycles. The summed E-state index contributed by atoms with van der Waals surface area (Å²) in [5.41, 5.74) is 1.87. The summed E-state index contributed by atoms with van der Waals surface area (Å²) in [6.45, 7) is 0.816. The van der Waals surface area contributed by atoms with Crippen LogP contribution in [-0.4, -0.2) is 35.3 Å². The number of anilines is 1. The van der Waals surface area contributed by atoms with Crippen molar-refractivity contribution in [2.24, 2.45) is 0 Å². The molecular formula is C14H17N3O2. The molecule has 19 heavy (non-hydrogen) atoms. The van der Waals surface area contributed by atoms with E-state index < -0.39 is 0 Å². The zero-order chi connectivity index (χ0) is 13.5. The fourth-order valence-electron chi connectivity index (χ4n) is 1.72. The van der Waals surface area contributed by atoms with Crippen LogP contribution in [0, 0.1) is 0 Å². The van der Waals surface area contributed by atoms with Gasteiger partial charge < -0.3 is 15.2 Å². The first kappa shape index (κ1) is 13.3. The zero-order valence-corrected chi connectivity index (χ0v) is 10.8. The predicted octanol–water partition coefficient (Wildman–Crippen LogP) is 1.95. The number of nitrogens with zero attached hydrogens (tertiary/aromatic N) is 2. The number of methoxy groups -OCH3 is 1. The lowest BCUT2D eigenvalue weighted by Crippen LogP contribution is -2.06. The Morgan fingerprint density at radius 3 is 2.63 bits per heavy atom. The lowest BCUT2D eigenvalue weighted by Gasteiger charge is -2.08. The van der Waals surface area contributed by atoms with Crippen molar-refractivity contribution in [3.05, 3.63) is 36.7 Å². The molecule has 2 rings (SSSR count). The first-order valence-electron chi connectivity index (χ1n) is 6.15. The summed E-state index contributed by atoms with van der Waals surface area (Å²) in [6.07, 6.45) is 4.19. The van der Waals surface area contributed by atoms with Crippen LogP contribution < -0.4 is 10.1 Å². The topological polar surface area (TPSA) is 67.3 Å². The molecule has 2 N–H and O–H groups in total. The summed E-state index contributed by atoms with van der Waals surface area (Å²) in [4.78, 5) is 8.49. The van der Waals surface area contributed by atoms with Gasteiger partial charge in [-0.2, -0.15) is 0 Å². The maximum Gasteiger partial charge on any atom is 0.222 e. The van der Waals surface area contributed by atoms with Gasteiger partial charge in [-0.05, 0) is 12.5 Å². The van der Waals surface area contributed by atoms with E-state index in [0.29, 0.717) is 18.9 Å². The minimum atomic E-state index is 0.159. The number of aliphatic hydroxyl groups excluding tert-OH is 1. The molecule has 0 aliphatic rings. The molecule has 100 valence electrons. The van der Waals surface area contributed by atoms with Crippen molar-refractivity contribution < 1.29 is 9.84 Å². The van der Waals surface area contributed by atoms with E-state index in [2.05, 4.69) is 15.3 Å². The molecular weight excluding hydrogens is 242 g/mol. The Morgan fingerprint density at radius 1 is 1.21 bits per heavy atom. The lowest BCUT2D eigenvalue weighted by molar-refractivity contribution is 0.292. The van der Waals surface area contributed by atoms with Crippen molar-refractivity contribution in [3.63, 3.8) is 0 Å². The number of aliphatic hydroxyl groups is 1. The molecule has 2 aromatic rings. The summed E-state index contributed by atoms with van der Waals surface area (Å²) in [5.74, 6) is 1.36. The van der Waals surface area contributed by atoms with Crippen LogP contribution in [0.2, 0.25) is 0 Å². The number of aromatic nitrogens is 2. The van der Waals surface area contributed by atoms with Gasteiger partial charge >= 0.3 is 0 Å². The highest BCUT2D eigenvalue weighted by Gasteiger charge is 2.05. The number of rotatable bonds is 6. The Balaban J connectivity index is 2.13. The second-order valence-corrected chi connectivity index (χ2v) is 4.00. The van der Waals surface area contributed by atoms with Crippen molar-refractivity contribution in [3.8, 4) is 16.9 Å². The van der Waals surface area contributed by atoms with Gasteiger partial charge in [-0.15, -0.1) is 0 Å². The van der Waals surface area contributed by atoms with E-state index in [-0.39, 0.29) is 6.61 Å². The van der Waals surface area contributed by atoms with Gasteiger partial charge in [-0.25, -0.2) is 9.97 Å². The Bertz CT molecular complexity index is 514. The highest BCUT2D eigenvalue weighted by Crippen LogP contribution is 2.28. The van der Waals surface area contributed by atoms with Gasteiger partial charge in [0.1, 0.15) is 5.75 Å². The highest BCUT2D eigenvalue weighted by molar-refractivity contribution is 5.69. The molecule has 1 aromatic heterocycles. The van der Waals surface area contributed by atoms with Crippen molar-refractivity contribution in [1.82, 2.24) is 9.97 Å². The monoisotopic (exact) mass is 259 g/mol. The van der Waals surface area contributed by atoms with Crippen molar-refractivity contribution in [1.29, 1.82) is 0 Å². The quantitative estimate of drug-likeness (QED) is 0.776. The van der Waals surface area contributed by atoms with Gasteiger partial charge in [0.2, 0.25) is 5.95 Å². The summed E-state index contributed by atoms with van der Waals surface area (Å²) in [7, 11) is 1.64. The fraction of sp³-hybridized carbons (Fsp3) is 0.286. The third kappa shape index (κ3) is 3.42. The minimum Gasteiger partial charge on any atom is -0.496 e. The molecule has 0 amide bonds. The van der Waals surface area contributed by atoms with Gasteiger partial charge in [0.15, 0.2) is 0 Å². The molecule has 0 radical (unpaired) electrons. The van der Waals surface area contributed by atoms with Crippen molar-refractivity contribution >= 4 is 5.95 Å². The van der Waals surface area contributed by atoms with Gasteiger partial charge in [0.05, 0.1) is 7.11 Å². The lowest BCUT2D eigenvalue weighted by atomic mass is 10.1. The summed E-state index contributed by atoms with van der Waals surface area (Å²) in [5, 5.41) is 11.7. The van der Waals surface area contributed by atoms with E-state index in [1.165, 1.54) is 0 Å². The van der Waals surface area contributed by atoms with Crippen LogP contribution in [0.15, 0.2) is 36.7 Å². The van der Waals surface area contributed by atoms with Crippen LogP contribution in [0.5, 0.6) is 5.75 Å². The number of hydrogen-bond acceptors (Lipinski definition) is 5. The Morgan fingerprint density at radius 2 is 1.95 bits per heavy atom. The molecule has 0 aliphatic heterocycles. The normalized spacial score (nSPS) is 10.2. The van der Waals surface area contributed by atoms with Gasteiger partial charge in [-0.3, -0.25) is 0 Å². The summed E-state index contributed by atoms with van der Waals surface area (Å²) >= 11 is 0. The Labute approximate surface area is 112 Å². The van der Waals surface area contributed by atoms with Crippen LogP contribution in [0.25, 0.3) is 11.1 Å². The van der Waals surface area contributed by atoms with E-state index >= 15 is 0 Å².